The number of rotatable bonds is 3. The monoisotopic (exact) mass is 339 g/mol. The maximum Gasteiger partial charge on any atom is 0.215 e. The van der Waals surface area contributed by atoms with Crippen molar-refractivity contribution in [1.82, 2.24) is 14.6 Å². The van der Waals surface area contributed by atoms with Gasteiger partial charge in [0.2, 0.25) is 5.78 Å². The SMILES string of the molecule is O=C(c1ccn2nc(-c3ccco3)cc2n1)c1cc(Cl)ccc1O. The molecule has 0 atom stereocenters. The van der Waals surface area contributed by atoms with E-state index in [-0.39, 0.29) is 17.0 Å². The number of phenolic OH excluding ortho intramolecular Hbond substituents is 1. The van der Waals surface area contributed by atoms with E-state index in [1.807, 2.05) is 0 Å². The number of phenols is 1. The highest BCUT2D eigenvalue weighted by molar-refractivity contribution is 6.31. The number of ketones is 1. The summed E-state index contributed by atoms with van der Waals surface area (Å²) in [6, 6.07) is 11.1. The molecule has 7 heteroatoms. The number of benzene rings is 1. The van der Waals surface area contributed by atoms with Crippen LogP contribution in [0, 0.1) is 0 Å². The average molecular weight is 340 g/mol. The van der Waals surface area contributed by atoms with E-state index in [4.69, 9.17) is 16.0 Å². The van der Waals surface area contributed by atoms with Gasteiger partial charge in [-0.3, -0.25) is 4.79 Å². The summed E-state index contributed by atoms with van der Waals surface area (Å²) in [6.45, 7) is 0. The van der Waals surface area contributed by atoms with Crippen molar-refractivity contribution in [3.05, 3.63) is 71.2 Å². The molecule has 24 heavy (non-hydrogen) atoms. The molecule has 0 bridgehead atoms. The van der Waals surface area contributed by atoms with Crippen molar-refractivity contribution < 1.29 is 14.3 Å². The van der Waals surface area contributed by atoms with Gasteiger partial charge in [-0.1, -0.05) is 11.6 Å². The second-order valence-corrected chi connectivity index (χ2v) is 5.55. The number of aromatic hydroxyl groups is 1. The minimum Gasteiger partial charge on any atom is -0.507 e. The maximum absolute atomic E-state index is 12.6. The number of halogens is 1. The Hall–Kier alpha value is -3.12. The zero-order chi connectivity index (χ0) is 16.7. The summed E-state index contributed by atoms with van der Waals surface area (Å²) in [6.07, 6.45) is 3.19. The molecule has 6 nitrogen and oxygen atoms in total. The topological polar surface area (TPSA) is 80.6 Å². The van der Waals surface area contributed by atoms with E-state index >= 15 is 0 Å². The van der Waals surface area contributed by atoms with Crippen molar-refractivity contribution in [2.45, 2.75) is 0 Å². The third kappa shape index (κ3) is 2.43. The summed E-state index contributed by atoms with van der Waals surface area (Å²) in [5.41, 5.74) is 1.40. The fraction of sp³-hybridized carbons (Fsp3) is 0. The normalized spacial score (nSPS) is 11.0. The third-order valence-corrected chi connectivity index (χ3v) is 3.77. The van der Waals surface area contributed by atoms with Crippen LogP contribution in [0.25, 0.3) is 17.1 Å². The first-order valence-electron chi connectivity index (χ1n) is 7.05. The number of fused-ring (bicyclic) bond motifs is 1. The Bertz CT molecular complexity index is 1050. The molecule has 1 N–H and O–H groups in total. The zero-order valence-corrected chi connectivity index (χ0v) is 12.9. The van der Waals surface area contributed by atoms with Gasteiger partial charge < -0.3 is 9.52 Å². The number of carbonyl (C=O) groups excluding carboxylic acids is 1. The minimum absolute atomic E-state index is 0.102. The maximum atomic E-state index is 12.6. The van der Waals surface area contributed by atoms with Crippen molar-refractivity contribution in [2.24, 2.45) is 0 Å². The Morgan fingerprint density at radius 2 is 2.08 bits per heavy atom. The summed E-state index contributed by atoms with van der Waals surface area (Å²) < 4.78 is 6.85. The molecule has 4 rings (SSSR count). The minimum atomic E-state index is -0.418. The van der Waals surface area contributed by atoms with Gasteiger partial charge in [0.1, 0.15) is 17.1 Å². The number of aromatic nitrogens is 3. The summed E-state index contributed by atoms with van der Waals surface area (Å²) in [7, 11) is 0. The Morgan fingerprint density at radius 3 is 2.88 bits per heavy atom. The predicted octanol–water partition coefficient (Wildman–Crippen LogP) is 3.58. The van der Waals surface area contributed by atoms with Crippen LogP contribution in [0.5, 0.6) is 5.75 Å². The van der Waals surface area contributed by atoms with E-state index < -0.39 is 5.78 Å². The molecule has 0 amide bonds. The Kier molecular flexibility index (Phi) is 3.32. The highest BCUT2D eigenvalue weighted by atomic mass is 35.5. The first-order valence-corrected chi connectivity index (χ1v) is 7.43. The summed E-state index contributed by atoms with van der Waals surface area (Å²) >= 11 is 5.90. The van der Waals surface area contributed by atoms with E-state index in [0.717, 1.165) is 0 Å². The second-order valence-electron chi connectivity index (χ2n) is 5.11. The molecule has 4 aromatic rings. The third-order valence-electron chi connectivity index (χ3n) is 3.53. The van der Waals surface area contributed by atoms with Gasteiger partial charge in [0, 0.05) is 17.3 Å². The molecule has 0 aliphatic heterocycles. The van der Waals surface area contributed by atoms with Crippen molar-refractivity contribution in [2.75, 3.05) is 0 Å². The lowest BCUT2D eigenvalue weighted by molar-refractivity contribution is 0.103. The molecule has 3 aromatic heterocycles. The van der Waals surface area contributed by atoms with Gasteiger partial charge in [-0.15, -0.1) is 0 Å². The molecule has 0 saturated heterocycles. The van der Waals surface area contributed by atoms with Gasteiger partial charge in [0.05, 0.1) is 11.8 Å². The summed E-state index contributed by atoms with van der Waals surface area (Å²) in [4.78, 5) is 16.9. The fourth-order valence-corrected chi connectivity index (χ4v) is 2.55. The molecule has 0 aliphatic carbocycles. The lowest BCUT2D eigenvalue weighted by Gasteiger charge is -2.04. The zero-order valence-electron chi connectivity index (χ0n) is 12.2. The molecule has 3 heterocycles. The van der Waals surface area contributed by atoms with Crippen LogP contribution in [0.1, 0.15) is 16.1 Å². The first-order chi connectivity index (χ1) is 11.6. The average Bonchev–Trinajstić information content (AvgIpc) is 3.24. The number of furan rings is 1. The van der Waals surface area contributed by atoms with Crippen molar-refractivity contribution in [3.63, 3.8) is 0 Å². The predicted molar refractivity (Wildman–Crippen MR) is 87.2 cm³/mol. The van der Waals surface area contributed by atoms with Gasteiger partial charge in [0.15, 0.2) is 11.4 Å². The van der Waals surface area contributed by atoms with E-state index in [1.54, 1.807) is 35.2 Å². The van der Waals surface area contributed by atoms with Gasteiger partial charge >= 0.3 is 0 Å². The van der Waals surface area contributed by atoms with Crippen LogP contribution in [0.3, 0.4) is 0 Å². The van der Waals surface area contributed by atoms with Crippen LogP contribution in [0.4, 0.5) is 0 Å². The summed E-state index contributed by atoms with van der Waals surface area (Å²) in [5.74, 6) is 0.0509. The molecule has 0 unspecified atom stereocenters. The molecular weight excluding hydrogens is 330 g/mol. The molecule has 0 spiro atoms. The molecule has 0 saturated carbocycles. The quantitative estimate of drug-likeness (QED) is 0.577. The van der Waals surface area contributed by atoms with Gasteiger partial charge in [-0.2, -0.15) is 5.10 Å². The highest BCUT2D eigenvalue weighted by Gasteiger charge is 2.17. The fourth-order valence-electron chi connectivity index (χ4n) is 2.38. The van der Waals surface area contributed by atoms with Gasteiger partial charge in [-0.05, 0) is 36.4 Å². The van der Waals surface area contributed by atoms with E-state index in [1.165, 1.54) is 24.3 Å². The molecule has 118 valence electrons. The van der Waals surface area contributed by atoms with Crippen LogP contribution in [-0.2, 0) is 0 Å². The van der Waals surface area contributed by atoms with E-state index in [0.29, 0.717) is 22.1 Å². The number of hydrogen-bond donors (Lipinski definition) is 1. The van der Waals surface area contributed by atoms with Crippen molar-refractivity contribution >= 4 is 23.0 Å². The molecule has 0 fully saturated rings. The number of nitrogens with zero attached hydrogens (tertiary/aromatic N) is 3. The van der Waals surface area contributed by atoms with E-state index in [9.17, 15) is 9.90 Å². The molecule has 0 radical (unpaired) electrons. The second kappa shape index (κ2) is 5.50. The molecule has 0 aliphatic rings. The van der Waals surface area contributed by atoms with Gasteiger partial charge in [0.25, 0.3) is 0 Å². The van der Waals surface area contributed by atoms with Crippen LogP contribution >= 0.6 is 11.6 Å². The summed E-state index contributed by atoms with van der Waals surface area (Å²) in [5, 5.41) is 14.6. The largest absolute Gasteiger partial charge is 0.507 e. The standard InChI is InChI=1S/C17H10ClN3O3/c18-10-3-4-14(22)11(8-10)17(23)12-5-6-21-16(19-12)9-13(20-21)15-2-1-7-24-15/h1-9,22H. The Labute approximate surface area is 140 Å². The Morgan fingerprint density at radius 1 is 1.21 bits per heavy atom. The Balaban J connectivity index is 1.77. The number of carbonyl (C=O) groups is 1. The lowest BCUT2D eigenvalue weighted by Crippen LogP contribution is -2.06. The van der Waals surface area contributed by atoms with Crippen LogP contribution in [-0.4, -0.2) is 25.5 Å². The van der Waals surface area contributed by atoms with Crippen molar-refractivity contribution in [3.8, 4) is 17.2 Å². The molecular formula is C17H10ClN3O3. The highest BCUT2D eigenvalue weighted by Crippen LogP contribution is 2.24. The number of hydrogen-bond acceptors (Lipinski definition) is 5. The van der Waals surface area contributed by atoms with Crippen LogP contribution in [0.2, 0.25) is 5.02 Å². The van der Waals surface area contributed by atoms with Crippen LogP contribution in [0.15, 0.2) is 59.3 Å². The molecule has 1 aromatic carbocycles. The first kappa shape index (κ1) is 14.5. The van der Waals surface area contributed by atoms with Crippen molar-refractivity contribution in [1.29, 1.82) is 0 Å². The van der Waals surface area contributed by atoms with Gasteiger partial charge in [-0.25, -0.2) is 9.50 Å². The van der Waals surface area contributed by atoms with E-state index in [2.05, 4.69) is 10.1 Å². The van der Waals surface area contributed by atoms with Crippen LogP contribution < -0.4 is 0 Å². The smallest absolute Gasteiger partial charge is 0.215 e. The lowest BCUT2D eigenvalue weighted by atomic mass is 10.1.